The van der Waals surface area contributed by atoms with Crippen LogP contribution < -0.4 is 10.6 Å². The Hall–Kier alpha value is -2.24. The predicted molar refractivity (Wildman–Crippen MR) is 67.5 cm³/mol. The van der Waals surface area contributed by atoms with Crippen LogP contribution in [0.3, 0.4) is 0 Å². The number of hydrogen-bond donors (Lipinski definition) is 2. The second-order valence-electron chi connectivity index (χ2n) is 3.00. The van der Waals surface area contributed by atoms with Crippen LogP contribution in [0, 0.1) is 0 Å². The highest BCUT2D eigenvalue weighted by Crippen LogP contribution is 1.80. The van der Waals surface area contributed by atoms with E-state index in [9.17, 15) is 9.59 Å². The average Bonchev–Trinajstić information content (AvgIpc) is 2.40. The molecule has 0 rings (SSSR count). The van der Waals surface area contributed by atoms with Gasteiger partial charge in [-0.25, -0.2) is 0 Å². The van der Waals surface area contributed by atoms with Crippen molar-refractivity contribution < 1.29 is 19.1 Å². The molecule has 0 aliphatic rings. The van der Waals surface area contributed by atoms with Crippen LogP contribution >= 0.6 is 0 Å². The maximum Gasteiger partial charge on any atom is 0.243 e. The number of nitrogens with one attached hydrogen (secondary N) is 2. The molecule has 0 spiro atoms. The van der Waals surface area contributed by atoms with Crippen LogP contribution in [-0.4, -0.2) is 38.1 Å². The van der Waals surface area contributed by atoms with Crippen LogP contribution in [0.15, 0.2) is 37.8 Å². The van der Waals surface area contributed by atoms with Gasteiger partial charge in [0.25, 0.3) is 0 Å². The number of ether oxygens (including phenoxy) is 2. The van der Waals surface area contributed by atoms with E-state index >= 15 is 0 Å². The van der Waals surface area contributed by atoms with Gasteiger partial charge in [0, 0.05) is 0 Å². The molecule has 0 aliphatic carbocycles. The molecule has 100 valence electrons. The molecule has 0 bridgehead atoms. The van der Waals surface area contributed by atoms with E-state index in [0.717, 1.165) is 0 Å². The van der Waals surface area contributed by atoms with Gasteiger partial charge < -0.3 is 20.1 Å². The molecule has 6 heteroatoms. The van der Waals surface area contributed by atoms with Crippen molar-refractivity contribution in [3.8, 4) is 0 Å². The van der Waals surface area contributed by atoms with Gasteiger partial charge in [-0.3, -0.25) is 9.59 Å². The van der Waals surface area contributed by atoms with Crippen molar-refractivity contribution in [2.45, 2.75) is 0 Å². The summed E-state index contributed by atoms with van der Waals surface area (Å²) < 4.78 is 10.0. The lowest BCUT2D eigenvalue weighted by Gasteiger charge is -2.03. The fourth-order valence-electron chi connectivity index (χ4n) is 0.825. The molecule has 0 saturated heterocycles. The fourth-order valence-corrected chi connectivity index (χ4v) is 0.825. The third-order valence-corrected chi connectivity index (χ3v) is 1.66. The van der Waals surface area contributed by atoms with Gasteiger partial charge in [-0.05, 0) is 12.2 Å². The van der Waals surface area contributed by atoms with E-state index < -0.39 is 0 Å². The van der Waals surface area contributed by atoms with Gasteiger partial charge in [0.05, 0.1) is 13.1 Å². The smallest absolute Gasteiger partial charge is 0.243 e. The number of amides is 2. The zero-order chi connectivity index (χ0) is 13.6. The quantitative estimate of drug-likeness (QED) is 0.329. The first kappa shape index (κ1) is 15.8. The van der Waals surface area contributed by atoms with Crippen LogP contribution in [0.1, 0.15) is 0 Å². The molecule has 0 heterocycles. The molecule has 0 saturated carbocycles. The summed E-state index contributed by atoms with van der Waals surface area (Å²) >= 11 is 0. The maximum absolute atomic E-state index is 10.7. The van der Waals surface area contributed by atoms with Gasteiger partial charge in [-0.1, -0.05) is 13.2 Å². The monoisotopic (exact) mass is 254 g/mol. The second kappa shape index (κ2) is 11.3. The standard InChI is InChI=1S/C12H18N2O4/c1-3-11(15)13-5-7-17-9-10-18-8-6-14-12(16)4-2/h3-4,9-10H,1-2,5-8H2,(H,13,15)(H,14,16). The Labute approximate surface area is 106 Å². The van der Waals surface area contributed by atoms with Gasteiger partial charge in [-0.2, -0.15) is 0 Å². The molecule has 0 unspecified atom stereocenters. The van der Waals surface area contributed by atoms with Crippen molar-refractivity contribution >= 4 is 11.8 Å². The summed E-state index contributed by atoms with van der Waals surface area (Å²) in [6.07, 6.45) is 5.12. The molecule has 0 aromatic rings. The molecular formula is C12H18N2O4. The van der Waals surface area contributed by atoms with E-state index in [1.807, 2.05) is 0 Å². The van der Waals surface area contributed by atoms with E-state index in [1.54, 1.807) is 0 Å². The third-order valence-electron chi connectivity index (χ3n) is 1.66. The minimum absolute atomic E-state index is 0.239. The minimum atomic E-state index is -0.239. The summed E-state index contributed by atoms with van der Waals surface area (Å²) in [5, 5.41) is 5.10. The first-order valence-electron chi connectivity index (χ1n) is 5.39. The topological polar surface area (TPSA) is 76.7 Å². The zero-order valence-corrected chi connectivity index (χ0v) is 10.2. The summed E-state index contributed by atoms with van der Waals surface area (Å²) in [6.45, 7) is 8.09. The van der Waals surface area contributed by atoms with Gasteiger partial charge in [0.1, 0.15) is 25.7 Å². The van der Waals surface area contributed by atoms with Gasteiger partial charge in [0.15, 0.2) is 0 Å². The molecule has 0 radical (unpaired) electrons. The Balaban J connectivity index is 3.28. The van der Waals surface area contributed by atoms with Crippen molar-refractivity contribution in [3.63, 3.8) is 0 Å². The summed E-state index contributed by atoms with van der Waals surface area (Å²) in [6, 6.07) is 0. The summed E-state index contributed by atoms with van der Waals surface area (Å²) in [4.78, 5) is 21.5. The van der Waals surface area contributed by atoms with Crippen LogP contribution in [0.2, 0.25) is 0 Å². The van der Waals surface area contributed by atoms with Crippen molar-refractivity contribution in [1.29, 1.82) is 0 Å². The molecule has 2 N–H and O–H groups in total. The van der Waals surface area contributed by atoms with Gasteiger partial charge in [-0.15, -0.1) is 0 Å². The number of hydrogen-bond acceptors (Lipinski definition) is 4. The minimum Gasteiger partial charge on any atom is -0.496 e. The first-order chi connectivity index (χ1) is 8.70. The zero-order valence-electron chi connectivity index (χ0n) is 10.2. The fraction of sp³-hybridized carbons (Fsp3) is 0.333. The lowest BCUT2D eigenvalue weighted by Crippen LogP contribution is -2.24. The highest BCUT2D eigenvalue weighted by atomic mass is 16.5. The van der Waals surface area contributed by atoms with Crippen LogP contribution in [0.4, 0.5) is 0 Å². The Morgan fingerprint density at radius 2 is 1.28 bits per heavy atom. The Morgan fingerprint density at radius 3 is 1.61 bits per heavy atom. The van der Waals surface area contributed by atoms with Crippen molar-refractivity contribution in [1.82, 2.24) is 10.6 Å². The Bertz CT molecular complexity index is 283. The second-order valence-corrected chi connectivity index (χ2v) is 3.00. The molecule has 0 aromatic heterocycles. The molecule has 18 heavy (non-hydrogen) atoms. The molecular weight excluding hydrogens is 236 g/mol. The van der Waals surface area contributed by atoms with Crippen LogP contribution in [-0.2, 0) is 19.1 Å². The SMILES string of the molecule is C=CC(=O)NCCOC=COCCNC(=O)C=C. The number of carbonyl (C=O) groups is 2. The first-order valence-corrected chi connectivity index (χ1v) is 5.39. The summed E-state index contributed by atoms with van der Waals surface area (Å²) in [5.74, 6) is -0.478. The van der Waals surface area contributed by atoms with E-state index in [0.29, 0.717) is 26.3 Å². The molecule has 6 nitrogen and oxygen atoms in total. The van der Waals surface area contributed by atoms with Gasteiger partial charge in [0.2, 0.25) is 11.8 Å². The van der Waals surface area contributed by atoms with Gasteiger partial charge >= 0.3 is 0 Å². The molecule has 0 aliphatic heterocycles. The van der Waals surface area contributed by atoms with Crippen LogP contribution in [0.5, 0.6) is 0 Å². The normalized spacial score (nSPS) is 9.56. The van der Waals surface area contributed by atoms with E-state index in [2.05, 4.69) is 23.8 Å². The lowest BCUT2D eigenvalue weighted by molar-refractivity contribution is -0.117. The lowest BCUT2D eigenvalue weighted by atomic mass is 10.5. The van der Waals surface area contributed by atoms with E-state index in [-0.39, 0.29) is 11.8 Å². The Kier molecular flexibility index (Phi) is 9.85. The molecule has 0 aromatic carbocycles. The Morgan fingerprint density at radius 1 is 0.889 bits per heavy atom. The van der Waals surface area contributed by atoms with Crippen molar-refractivity contribution in [2.24, 2.45) is 0 Å². The largest absolute Gasteiger partial charge is 0.496 e. The van der Waals surface area contributed by atoms with E-state index in [1.165, 1.54) is 24.7 Å². The van der Waals surface area contributed by atoms with Crippen molar-refractivity contribution in [3.05, 3.63) is 37.8 Å². The van der Waals surface area contributed by atoms with E-state index in [4.69, 9.17) is 9.47 Å². The van der Waals surface area contributed by atoms with Crippen molar-refractivity contribution in [2.75, 3.05) is 26.3 Å². The summed E-state index contributed by atoms with van der Waals surface area (Å²) in [5.41, 5.74) is 0. The molecule has 0 fully saturated rings. The molecule has 2 amide bonds. The van der Waals surface area contributed by atoms with Crippen LogP contribution in [0.25, 0.3) is 0 Å². The summed E-state index contributed by atoms with van der Waals surface area (Å²) in [7, 11) is 0. The number of carbonyl (C=O) groups excluding carboxylic acids is 2. The number of rotatable bonds is 10. The highest BCUT2D eigenvalue weighted by Gasteiger charge is 1.92. The average molecular weight is 254 g/mol. The molecule has 0 atom stereocenters. The highest BCUT2D eigenvalue weighted by molar-refractivity contribution is 5.87. The third kappa shape index (κ3) is 10.3. The maximum atomic E-state index is 10.7. The predicted octanol–water partition coefficient (Wildman–Crippen LogP) is 0.0952.